The number of aromatic amines is 1. The zero-order chi connectivity index (χ0) is 12.4. The Bertz CT molecular complexity index is 487. The number of aryl methyl sites for hydroxylation is 2. The van der Waals surface area contributed by atoms with Crippen molar-refractivity contribution in [3.8, 4) is 0 Å². The molecule has 5 nitrogen and oxygen atoms in total. The van der Waals surface area contributed by atoms with E-state index in [2.05, 4.69) is 9.97 Å². The number of hydrogen-bond donors (Lipinski definition) is 1. The maximum atomic E-state index is 11.9. The molecule has 2 heterocycles. The first-order chi connectivity index (χ1) is 8.08. The van der Waals surface area contributed by atoms with Gasteiger partial charge >= 0.3 is 0 Å². The van der Waals surface area contributed by atoms with Crippen LogP contribution in [-0.4, -0.2) is 33.9 Å². The molecule has 1 amide bonds. The van der Waals surface area contributed by atoms with Crippen LogP contribution >= 0.6 is 0 Å². The van der Waals surface area contributed by atoms with Crippen LogP contribution in [0.2, 0.25) is 0 Å². The fourth-order valence-electron chi connectivity index (χ4n) is 2.19. The van der Waals surface area contributed by atoms with Gasteiger partial charge in [0, 0.05) is 24.3 Å². The number of amides is 1. The van der Waals surface area contributed by atoms with Gasteiger partial charge in [-0.15, -0.1) is 0 Å². The Kier molecular flexibility index (Phi) is 3.26. The van der Waals surface area contributed by atoms with Crippen molar-refractivity contribution in [2.24, 2.45) is 0 Å². The Morgan fingerprint density at radius 3 is 2.59 bits per heavy atom. The van der Waals surface area contributed by atoms with E-state index in [-0.39, 0.29) is 17.9 Å². The van der Waals surface area contributed by atoms with E-state index in [1.807, 2.05) is 4.90 Å². The molecule has 0 aromatic carbocycles. The van der Waals surface area contributed by atoms with Crippen LogP contribution in [-0.2, 0) is 11.2 Å². The average Bonchev–Trinajstić information content (AvgIpc) is 2.76. The van der Waals surface area contributed by atoms with Gasteiger partial charge in [0.25, 0.3) is 5.56 Å². The van der Waals surface area contributed by atoms with Gasteiger partial charge in [-0.05, 0) is 26.7 Å². The van der Waals surface area contributed by atoms with Crippen molar-refractivity contribution < 1.29 is 4.79 Å². The second-order valence-corrected chi connectivity index (χ2v) is 4.48. The molecule has 0 aliphatic carbocycles. The number of carbonyl (C=O) groups is 1. The molecule has 92 valence electrons. The number of nitrogens with one attached hydrogen (secondary N) is 1. The molecule has 2 rings (SSSR count). The molecule has 17 heavy (non-hydrogen) atoms. The molecule has 1 aromatic heterocycles. The fourth-order valence-corrected chi connectivity index (χ4v) is 2.19. The zero-order valence-electron chi connectivity index (χ0n) is 10.2. The Balaban J connectivity index is 2.18. The zero-order valence-corrected chi connectivity index (χ0v) is 10.2. The van der Waals surface area contributed by atoms with Gasteiger partial charge in [0.05, 0.1) is 6.42 Å². The van der Waals surface area contributed by atoms with Crippen molar-refractivity contribution in [1.29, 1.82) is 0 Å². The first-order valence-corrected chi connectivity index (χ1v) is 5.92. The van der Waals surface area contributed by atoms with E-state index < -0.39 is 0 Å². The van der Waals surface area contributed by atoms with E-state index in [1.165, 1.54) is 0 Å². The van der Waals surface area contributed by atoms with Crippen molar-refractivity contribution in [1.82, 2.24) is 14.9 Å². The maximum Gasteiger partial charge on any atom is 0.254 e. The van der Waals surface area contributed by atoms with Crippen LogP contribution < -0.4 is 5.56 Å². The summed E-state index contributed by atoms with van der Waals surface area (Å²) in [5.41, 5.74) is 0.953. The van der Waals surface area contributed by atoms with Gasteiger partial charge in [0.2, 0.25) is 5.91 Å². The Hall–Kier alpha value is -1.65. The molecule has 0 spiro atoms. The number of aromatic nitrogens is 2. The van der Waals surface area contributed by atoms with Crippen LogP contribution in [0.15, 0.2) is 4.79 Å². The fraction of sp³-hybridized carbons (Fsp3) is 0.583. The summed E-state index contributed by atoms with van der Waals surface area (Å²) in [7, 11) is 0. The SMILES string of the molecule is Cc1nc(C)c(CC(=O)N2CCCC2)c(=O)[nH]1. The number of hydrogen-bond acceptors (Lipinski definition) is 3. The van der Waals surface area contributed by atoms with Gasteiger partial charge in [0.15, 0.2) is 0 Å². The van der Waals surface area contributed by atoms with E-state index >= 15 is 0 Å². The third-order valence-corrected chi connectivity index (χ3v) is 3.13. The number of H-pyrrole nitrogens is 1. The van der Waals surface area contributed by atoms with E-state index in [0.29, 0.717) is 17.1 Å². The second kappa shape index (κ2) is 4.69. The van der Waals surface area contributed by atoms with Crippen LogP contribution in [0.5, 0.6) is 0 Å². The van der Waals surface area contributed by atoms with Gasteiger partial charge in [-0.3, -0.25) is 9.59 Å². The molecule has 1 fully saturated rings. The molecular weight excluding hydrogens is 218 g/mol. The topological polar surface area (TPSA) is 66.1 Å². The van der Waals surface area contributed by atoms with Crippen molar-refractivity contribution in [2.75, 3.05) is 13.1 Å². The van der Waals surface area contributed by atoms with Crippen LogP contribution in [0.25, 0.3) is 0 Å². The van der Waals surface area contributed by atoms with Gasteiger partial charge in [-0.25, -0.2) is 4.98 Å². The average molecular weight is 235 g/mol. The van der Waals surface area contributed by atoms with E-state index in [9.17, 15) is 9.59 Å². The van der Waals surface area contributed by atoms with Crippen molar-refractivity contribution in [3.05, 3.63) is 27.4 Å². The van der Waals surface area contributed by atoms with Crippen LogP contribution in [0.1, 0.15) is 29.9 Å². The largest absolute Gasteiger partial charge is 0.342 e. The highest BCUT2D eigenvalue weighted by molar-refractivity contribution is 5.79. The number of rotatable bonds is 2. The Morgan fingerprint density at radius 2 is 2.00 bits per heavy atom. The smallest absolute Gasteiger partial charge is 0.254 e. The summed E-state index contributed by atoms with van der Waals surface area (Å²) in [6, 6.07) is 0. The lowest BCUT2D eigenvalue weighted by Gasteiger charge is -2.15. The monoisotopic (exact) mass is 235 g/mol. The molecule has 0 atom stereocenters. The van der Waals surface area contributed by atoms with Crippen molar-refractivity contribution >= 4 is 5.91 Å². The highest BCUT2D eigenvalue weighted by Crippen LogP contribution is 2.10. The van der Waals surface area contributed by atoms with Crippen LogP contribution in [0.3, 0.4) is 0 Å². The summed E-state index contributed by atoms with van der Waals surface area (Å²) in [5, 5.41) is 0. The normalized spacial score (nSPS) is 15.3. The first-order valence-electron chi connectivity index (χ1n) is 5.92. The minimum absolute atomic E-state index is 0.0294. The third-order valence-electron chi connectivity index (χ3n) is 3.13. The Morgan fingerprint density at radius 1 is 1.35 bits per heavy atom. The lowest BCUT2D eigenvalue weighted by Crippen LogP contribution is -2.32. The molecule has 1 saturated heterocycles. The number of nitrogens with zero attached hydrogens (tertiary/aromatic N) is 2. The molecule has 0 bridgehead atoms. The predicted molar refractivity (Wildman–Crippen MR) is 63.8 cm³/mol. The summed E-state index contributed by atoms with van der Waals surface area (Å²) in [4.78, 5) is 32.3. The molecular formula is C12H17N3O2. The molecule has 1 N–H and O–H groups in total. The molecule has 0 saturated carbocycles. The summed E-state index contributed by atoms with van der Waals surface area (Å²) in [5.74, 6) is 0.617. The number of carbonyl (C=O) groups excluding carboxylic acids is 1. The molecule has 0 radical (unpaired) electrons. The van der Waals surface area contributed by atoms with Crippen LogP contribution in [0.4, 0.5) is 0 Å². The van der Waals surface area contributed by atoms with E-state index in [0.717, 1.165) is 25.9 Å². The standard InChI is InChI=1S/C12H17N3O2/c1-8-10(12(17)14-9(2)13-8)7-11(16)15-5-3-4-6-15/h3-7H2,1-2H3,(H,13,14,17). The van der Waals surface area contributed by atoms with Gasteiger partial charge in [-0.1, -0.05) is 0 Å². The Labute approximate surface area is 99.9 Å². The second-order valence-electron chi connectivity index (χ2n) is 4.48. The summed E-state index contributed by atoms with van der Waals surface area (Å²) < 4.78 is 0. The number of likely N-dealkylation sites (tertiary alicyclic amines) is 1. The molecule has 0 unspecified atom stereocenters. The van der Waals surface area contributed by atoms with Crippen LogP contribution in [0, 0.1) is 13.8 Å². The molecule has 5 heteroatoms. The minimum Gasteiger partial charge on any atom is -0.342 e. The maximum absolute atomic E-state index is 11.9. The minimum atomic E-state index is -0.192. The van der Waals surface area contributed by atoms with E-state index in [1.54, 1.807) is 13.8 Å². The first kappa shape index (κ1) is 11.8. The highest BCUT2D eigenvalue weighted by Gasteiger charge is 2.20. The van der Waals surface area contributed by atoms with Gasteiger partial charge < -0.3 is 9.88 Å². The highest BCUT2D eigenvalue weighted by atomic mass is 16.2. The lowest BCUT2D eigenvalue weighted by atomic mass is 10.1. The molecule has 1 aromatic rings. The third kappa shape index (κ3) is 2.54. The van der Waals surface area contributed by atoms with Crippen molar-refractivity contribution in [2.45, 2.75) is 33.1 Å². The summed E-state index contributed by atoms with van der Waals surface area (Å²) >= 11 is 0. The van der Waals surface area contributed by atoms with Gasteiger partial charge in [-0.2, -0.15) is 0 Å². The predicted octanol–water partition coefficient (Wildman–Crippen LogP) is 0.552. The van der Waals surface area contributed by atoms with Crippen molar-refractivity contribution in [3.63, 3.8) is 0 Å². The summed E-state index contributed by atoms with van der Waals surface area (Å²) in [6.45, 7) is 5.14. The summed E-state index contributed by atoms with van der Waals surface area (Å²) in [6.07, 6.45) is 2.29. The molecule has 1 aliphatic heterocycles. The van der Waals surface area contributed by atoms with Gasteiger partial charge in [0.1, 0.15) is 5.82 Å². The quantitative estimate of drug-likeness (QED) is 0.814. The molecule has 1 aliphatic rings. The lowest BCUT2D eigenvalue weighted by molar-refractivity contribution is -0.129. The van der Waals surface area contributed by atoms with E-state index in [4.69, 9.17) is 0 Å².